The van der Waals surface area contributed by atoms with Crippen LogP contribution in [0, 0.1) is 18.6 Å². The van der Waals surface area contributed by atoms with Crippen LogP contribution in [0.25, 0.3) is 16.9 Å². The Balaban J connectivity index is 1.31. The van der Waals surface area contributed by atoms with Crippen LogP contribution in [-0.2, 0) is 6.54 Å². The first kappa shape index (κ1) is 21.2. The molecule has 2 aromatic heterocycles. The van der Waals surface area contributed by atoms with Crippen molar-refractivity contribution in [2.24, 2.45) is 0 Å². The van der Waals surface area contributed by atoms with Gasteiger partial charge in [-0.1, -0.05) is 42.0 Å². The van der Waals surface area contributed by atoms with E-state index in [-0.39, 0.29) is 5.91 Å². The molecule has 5 rings (SSSR count). The van der Waals surface area contributed by atoms with Gasteiger partial charge in [0.05, 0.1) is 11.9 Å². The molecule has 33 heavy (non-hydrogen) atoms. The molecule has 2 aromatic carbocycles. The fourth-order valence-corrected chi connectivity index (χ4v) is 4.18. The van der Waals surface area contributed by atoms with Crippen molar-refractivity contribution in [2.75, 3.05) is 26.2 Å². The van der Waals surface area contributed by atoms with E-state index in [1.807, 2.05) is 42.2 Å². The van der Waals surface area contributed by atoms with Gasteiger partial charge >= 0.3 is 0 Å². The first-order valence-electron chi connectivity index (χ1n) is 10.9. The summed E-state index contributed by atoms with van der Waals surface area (Å²) in [6.07, 6.45) is 3.26. The number of aryl methyl sites for hydroxylation is 1. The number of carbonyl (C=O) groups excluding carboxylic acids is 1. The normalized spacial score (nSPS) is 14.7. The minimum Gasteiger partial charge on any atom is -0.336 e. The molecule has 0 bridgehead atoms. The number of rotatable bonds is 4. The van der Waals surface area contributed by atoms with Crippen LogP contribution >= 0.6 is 0 Å². The molecule has 1 amide bonds. The van der Waals surface area contributed by atoms with E-state index in [1.165, 1.54) is 11.6 Å². The summed E-state index contributed by atoms with van der Waals surface area (Å²) in [7, 11) is 0. The van der Waals surface area contributed by atoms with Crippen molar-refractivity contribution in [3.63, 3.8) is 0 Å². The number of aromatic nitrogens is 3. The van der Waals surface area contributed by atoms with Crippen LogP contribution in [0.1, 0.15) is 21.5 Å². The Kier molecular flexibility index (Phi) is 5.60. The Morgan fingerprint density at radius 1 is 1.00 bits per heavy atom. The van der Waals surface area contributed by atoms with E-state index in [0.717, 1.165) is 17.3 Å². The highest BCUT2D eigenvalue weighted by Crippen LogP contribution is 2.23. The first-order valence-corrected chi connectivity index (χ1v) is 10.9. The van der Waals surface area contributed by atoms with Gasteiger partial charge in [-0.05, 0) is 19.1 Å². The van der Waals surface area contributed by atoms with Crippen LogP contribution in [0.5, 0.6) is 0 Å². The second-order valence-electron chi connectivity index (χ2n) is 8.27. The number of carbonyl (C=O) groups is 1. The van der Waals surface area contributed by atoms with Crippen molar-refractivity contribution in [1.82, 2.24) is 24.4 Å². The van der Waals surface area contributed by atoms with E-state index in [2.05, 4.69) is 10.1 Å². The number of nitrogens with zero attached hydrogens (tertiary/aromatic N) is 5. The van der Waals surface area contributed by atoms with Gasteiger partial charge in [-0.2, -0.15) is 5.10 Å². The molecule has 1 fully saturated rings. The van der Waals surface area contributed by atoms with Crippen LogP contribution < -0.4 is 0 Å². The van der Waals surface area contributed by atoms with E-state index in [0.29, 0.717) is 49.5 Å². The number of fused-ring (bicyclic) bond motifs is 1. The second-order valence-corrected chi connectivity index (χ2v) is 8.27. The van der Waals surface area contributed by atoms with E-state index < -0.39 is 11.6 Å². The molecular weight excluding hydrogens is 424 g/mol. The van der Waals surface area contributed by atoms with Crippen molar-refractivity contribution in [3.8, 4) is 11.3 Å². The van der Waals surface area contributed by atoms with Gasteiger partial charge in [0.2, 0.25) is 0 Å². The molecule has 1 saturated heterocycles. The SMILES string of the molecule is Cc1ccc(-c2ccnc3c(C(=O)N4CCN(Cc5cccc(F)c5F)CC4)cnn23)cc1. The lowest BCUT2D eigenvalue weighted by Crippen LogP contribution is -2.48. The summed E-state index contributed by atoms with van der Waals surface area (Å²) in [5.74, 6) is -1.78. The monoisotopic (exact) mass is 447 g/mol. The van der Waals surface area contributed by atoms with Crippen molar-refractivity contribution < 1.29 is 13.6 Å². The van der Waals surface area contributed by atoms with E-state index in [1.54, 1.807) is 27.9 Å². The maximum Gasteiger partial charge on any atom is 0.259 e. The van der Waals surface area contributed by atoms with Gasteiger partial charge in [0.15, 0.2) is 17.3 Å². The summed E-state index contributed by atoms with van der Waals surface area (Å²) < 4.78 is 29.2. The summed E-state index contributed by atoms with van der Waals surface area (Å²) in [4.78, 5) is 21.4. The molecule has 6 nitrogen and oxygen atoms in total. The summed E-state index contributed by atoms with van der Waals surface area (Å²) in [6, 6.07) is 14.2. The van der Waals surface area contributed by atoms with Crippen molar-refractivity contribution in [2.45, 2.75) is 13.5 Å². The van der Waals surface area contributed by atoms with Gasteiger partial charge < -0.3 is 4.90 Å². The molecule has 4 aromatic rings. The first-order chi connectivity index (χ1) is 16.0. The molecule has 0 N–H and O–H groups in total. The van der Waals surface area contributed by atoms with E-state index >= 15 is 0 Å². The quantitative estimate of drug-likeness (QED) is 0.476. The fraction of sp³-hybridized carbons (Fsp3) is 0.240. The lowest BCUT2D eigenvalue weighted by Gasteiger charge is -2.34. The number of hydrogen-bond donors (Lipinski definition) is 0. The maximum atomic E-state index is 14.0. The van der Waals surface area contributed by atoms with Gasteiger partial charge in [-0.15, -0.1) is 0 Å². The molecule has 0 unspecified atom stereocenters. The average molecular weight is 447 g/mol. The topological polar surface area (TPSA) is 53.7 Å². The number of hydrogen-bond acceptors (Lipinski definition) is 4. The fourth-order valence-electron chi connectivity index (χ4n) is 4.18. The molecular formula is C25H23F2N5O. The predicted molar refractivity (Wildman–Crippen MR) is 121 cm³/mol. The third-order valence-electron chi connectivity index (χ3n) is 6.06. The summed E-state index contributed by atoms with van der Waals surface area (Å²) in [6.45, 7) is 4.47. The highest BCUT2D eigenvalue weighted by molar-refractivity contribution is 6.00. The number of amides is 1. The molecule has 1 aliphatic rings. The zero-order valence-corrected chi connectivity index (χ0v) is 18.2. The number of benzene rings is 2. The standard InChI is InChI=1S/C25H23F2N5O/c1-17-5-7-18(8-6-17)22-9-10-28-24-20(15-29-32(22)24)25(33)31-13-11-30(12-14-31)16-19-3-2-4-21(26)23(19)27/h2-10,15H,11-14,16H2,1H3. The molecule has 0 spiro atoms. The third kappa shape index (κ3) is 4.09. The van der Waals surface area contributed by atoms with Gasteiger partial charge in [0, 0.05) is 50.0 Å². The van der Waals surface area contributed by atoms with Crippen LogP contribution in [0.15, 0.2) is 60.9 Å². The Hall–Kier alpha value is -3.65. The molecule has 0 radical (unpaired) electrons. The zero-order chi connectivity index (χ0) is 22.9. The predicted octanol–water partition coefficient (Wildman–Crippen LogP) is 3.94. The molecule has 0 atom stereocenters. The minimum absolute atomic E-state index is 0.129. The van der Waals surface area contributed by atoms with Gasteiger partial charge in [-0.25, -0.2) is 18.3 Å². The average Bonchev–Trinajstić information content (AvgIpc) is 3.27. The Morgan fingerprint density at radius 3 is 2.52 bits per heavy atom. The van der Waals surface area contributed by atoms with Crippen LogP contribution in [0.3, 0.4) is 0 Å². The van der Waals surface area contributed by atoms with E-state index in [4.69, 9.17) is 0 Å². The van der Waals surface area contributed by atoms with Crippen LogP contribution in [-0.4, -0.2) is 56.5 Å². The van der Waals surface area contributed by atoms with Crippen molar-refractivity contribution in [3.05, 3.63) is 89.2 Å². The highest BCUT2D eigenvalue weighted by Gasteiger charge is 2.26. The minimum atomic E-state index is -0.841. The molecule has 1 aliphatic heterocycles. The highest BCUT2D eigenvalue weighted by atomic mass is 19.2. The Labute approximate surface area is 190 Å². The van der Waals surface area contributed by atoms with Gasteiger partial charge in [-0.3, -0.25) is 9.69 Å². The van der Waals surface area contributed by atoms with Crippen LogP contribution in [0.4, 0.5) is 8.78 Å². The number of piperazine rings is 1. The van der Waals surface area contributed by atoms with Crippen molar-refractivity contribution >= 4 is 11.6 Å². The lowest BCUT2D eigenvalue weighted by molar-refractivity contribution is 0.0628. The summed E-state index contributed by atoms with van der Waals surface area (Å²) in [5.41, 5.74) is 4.31. The maximum absolute atomic E-state index is 14.0. The molecule has 3 heterocycles. The van der Waals surface area contributed by atoms with E-state index in [9.17, 15) is 13.6 Å². The molecule has 168 valence electrons. The molecule has 8 heteroatoms. The lowest BCUT2D eigenvalue weighted by atomic mass is 10.1. The Bertz CT molecular complexity index is 1310. The summed E-state index contributed by atoms with van der Waals surface area (Å²) in [5, 5.41) is 4.44. The van der Waals surface area contributed by atoms with Gasteiger partial charge in [0.25, 0.3) is 5.91 Å². The van der Waals surface area contributed by atoms with Crippen LogP contribution in [0.2, 0.25) is 0 Å². The van der Waals surface area contributed by atoms with Gasteiger partial charge in [0.1, 0.15) is 5.56 Å². The Morgan fingerprint density at radius 2 is 1.76 bits per heavy atom. The molecule has 0 aliphatic carbocycles. The molecule has 0 saturated carbocycles. The zero-order valence-electron chi connectivity index (χ0n) is 18.2. The smallest absolute Gasteiger partial charge is 0.259 e. The third-order valence-corrected chi connectivity index (χ3v) is 6.06. The van der Waals surface area contributed by atoms with Crippen molar-refractivity contribution in [1.29, 1.82) is 0 Å². The largest absolute Gasteiger partial charge is 0.336 e. The number of halogens is 2. The second kappa shape index (κ2) is 8.71. The summed E-state index contributed by atoms with van der Waals surface area (Å²) >= 11 is 0.